The molecule has 5 heteroatoms. The lowest BCUT2D eigenvalue weighted by atomic mass is 10.0. The van der Waals surface area contributed by atoms with Crippen LogP contribution in [0, 0.1) is 11.3 Å². The quantitative estimate of drug-likeness (QED) is 0.720. The van der Waals surface area contributed by atoms with Crippen molar-refractivity contribution in [3.63, 3.8) is 0 Å². The summed E-state index contributed by atoms with van der Waals surface area (Å²) in [5.74, 6) is 0.449. The number of hydrogen-bond donors (Lipinski definition) is 0. The average molecular weight is 268 g/mol. The summed E-state index contributed by atoms with van der Waals surface area (Å²) in [6.45, 7) is 8.98. The van der Waals surface area contributed by atoms with E-state index in [4.69, 9.17) is 11.6 Å². The molecule has 1 fully saturated rings. The Balaban J connectivity index is 2.71. The predicted octanol–water partition coefficient (Wildman–Crippen LogP) is 2.31. The zero-order valence-electron chi connectivity index (χ0n) is 10.5. The van der Waals surface area contributed by atoms with Crippen LogP contribution in [0.2, 0.25) is 0 Å². The number of hydrogen-bond acceptors (Lipinski definition) is 2. The molecule has 0 aromatic heterocycles. The molecule has 0 aliphatic carbocycles. The molecule has 1 saturated heterocycles. The average Bonchev–Trinajstić information content (AvgIpc) is 2.05. The van der Waals surface area contributed by atoms with Crippen LogP contribution in [0.1, 0.15) is 34.1 Å². The summed E-state index contributed by atoms with van der Waals surface area (Å²) in [6.07, 6.45) is 0.756. The van der Waals surface area contributed by atoms with Crippen molar-refractivity contribution in [3.8, 4) is 0 Å². The molecule has 96 valence electrons. The molecule has 3 nitrogen and oxygen atoms in total. The lowest BCUT2D eigenvalue weighted by molar-refractivity contribution is 0.281. The summed E-state index contributed by atoms with van der Waals surface area (Å²) in [4.78, 5) is 0. The van der Waals surface area contributed by atoms with Gasteiger partial charge in [0, 0.05) is 18.5 Å². The van der Waals surface area contributed by atoms with Crippen LogP contribution < -0.4 is 0 Å². The van der Waals surface area contributed by atoms with Crippen LogP contribution >= 0.6 is 11.6 Å². The van der Waals surface area contributed by atoms with Crippen LogP contribution in [0.3, 0.4) is 0 Å². The minimum atomic E-state index is -3.12. The Bertz CT molecular complexity index is 334. The SMILES string of the molecule is CC1CN(S(=O)(=O)CC(C)(C)C)CCC1Cl. The largest absolute Gasteiger partial charge is 0.214 e. The van der Waals surface area contributed by atoms with Crippen LogP contribution in [0.25, 0.3) is 0 Å². The fourth-order valence-electron chi connectivity index (χ4n) is 1.97. The van der Waals surface area contributed by atoms with Gasteiger partial charge in [0.2, 0.25) is 10.0 Å². The van der Waals surface area contributed by atoms with Gasteiger partial charge in [-0.1, -0.05) is 27.7 Å². The van der Waals surface area contributed by atoms with E-state index in [1.165, 1.54) is 0 Å². The van der Waals surface area contributed by atoms with E-state index >= 15 is 0 Å². The van der Waals surface area contributed by atoms with Gasteiger partial charge in [0.05, 0.1) is 5.75 Å². The minimum absolute atomic E-state index is 0.112. The summed E-state index contributed by atoms with van der Waals surface area (Å²) in [5, 5.41) is 0.112. The van der Waals surface area contributed by atoms with E-state index in [2.05, 4.69) is 0 Å². The van der Waals surface area contributed by atoms with Crippen molar-refractivity contribution in [2.24, 2.45) is 11.3 Å². The number of sulfonamides is 1. The topological polar surface area (TPSA) is 37.4 Å². The van der Waals surface area contributed by atoms with Crippen LogP contribution in [0.15, 0.2) is 0 Å². The Kier molecular flexibility index (Phi) is 4.30. The molecule has 0 saturated carbocycles. The molecule has 2 atom stereocenters. The van der Waals surface area contributed by atoms with E-state index in [0.29, 0.717) is 13.1 Å². The van der Waals surface area contributed by atoms with Crippen LogP contribution in [-0.2, 0) is 10.0 Å². The van der Waals surface area contributed by atoms with Gasteiger partial charge in [-0.15, -0.1) is 11.6 Å². The number of piperidine rings is 1. The van der Waals surface area contributed by atoms with E-state index in [9.17, 15) is 8.42 Å². The van der Waals surface area contributed by atoms with Crippen molar-refractivity contribution in [3.05, 3.63) is 0 Å². The molecule has 0 N–H and O–H groups in total. The van der Waals surface area contributed by atoms with E-state index in [0.717, 1.165) is 6.42 Å². The summed E-state index contributed by atoms with van der Waals surface area (Å²) >= 11 is 6.09. The Morgan fingerprint density at radius 2 is 1.94 bits per heavy atom. The number of nitrogens with zero attached hydrogens (tertiary/aromatic N) is 1. The van der Waals surface area contributed by atoms with Crippen molar-refractivity contribution < 1.29 is 8.42 Å². The Morgan fingerprint density at radius 1 is 1.38 bits per heavy atom. The van der Waals surface area contributed by atoms with Crippen molar-refractivity contribution in [1.29, 1.82) is 0 Å². The molecule has 0 bridgehead atoms. The first kappa shape index (κ1) is 14.3. The fraction of sp³-hybridized carbons (Fsp3) is 1.00. The van der Waals surface area contributed by atoms with Crippen molar-refractivity contribution >= 4 is 21.6 Å². The molecule has 0 radical (unpaired) electrons. The minimum Gasteiger partial charge on any atom is -0.212 e. The Morgan fingerprint density at radius 3 is 2.38 bits per heavy atom. The molecule has 0 spiro atoms. The molecule has 1 aliphatic heterocycles. The van der Waals surface area contributed by atoms with Gasteiger partial charge in [-0.25, -0.2) is 12.7 Å². The highest BCUT2D eigenvalue weighted by Crippen LogP contribution is 2.26. The van der Waals surface area contributed by atoms with Crippen LogP contribution in [0.5, 0.6) is 0 Å². The van der Waals surface area contributed by atoms with Gasteiger partial charge >= 0.3 is 0 Å². The molecular formula is C11H22ClNO2S. The standard InChI is InChI=1S/C11H22ClNO2S/c1-9-7-13(6-5-10(9)12)16(14,15)8-11(2,3)4/h9-10H,5-8H2,1-4H3. The fourth-order valence-corrected chi connectivity index (χ4v) is 4.27. The smallest absolute Gasteiger partial charge is 0.212 e. The zero-order chi connectivity index (χ0) is 12.6. The molecule has 0 aromatic carbocycles. The summed E-state index contributed by atoms with van der Waals surface area (Å²) in [7, 11) is -3.12. The summed E-state index contributed by atoms with van der Waals surface area (Å²) in [6, 6.07) is 0. The first-order valence-electron chi connectivity index (χ1n) is 5.74. The Labute approximate surface area is 104 Å². The van der Waals surface area contributed by atoms with Crippen LogP contribution in [0.4, 0.5) is 0 Å². The van der Waals surface area contributed by atoms with E-state index in [-0.39, 0.29) is 22.5 Å². The molecule has 0 aromatic rings. The highest BCUT2D eigenvalue weighted by molar-refractivity contribution is 7.89. The first-order valence-corrected chi connectivity index (χ1v) is 7.78. The molecule has 1 rings (SSSR count). The van der Waals surface area contributed by atoms with Gasteiger partial charge in [-0.2, -0.15) is 0 Å². The van der Waals surface area contributed by atoms with Gasteiger partial charge < -0.3 is 0 Å². The second-order valence-electron chi connectivity index (χ2n) is 5.96. The second-order valence-corrected chi connectivity index (χ2v) is 8.49. The molecule has 2 unspecified atom stereocenters. The summed E-state index contributed by atoms with van der Waals surface area (Å²) in [5.41, 5.74) is -0.195. The number of halogens is 1. The molecule has 16 heavy (non-hydrogen) atoms. The lowest BCUT2D eigenvalue weighted by Crippen LogP contribution is -2.45. The summed E-state index contributed by atoms with van der Waals surface area (Å²) < 4.78 is 25.9. The number of rotatable bonds is 2. The highest BCUT2D eigenvalue weighted by Gasteiger charge is 2.33. The maximum Gasteiger partial charge on any atom is 0.214 e. The normalized spacial score (nSPS) is 29.3. The van der Waals surface area contributed by atoms with E-state index in [1.54, 1.807) is 4.31 Å². The van der Waals surface area contributed by atoms with Gasteiger partial charge in [0.1, 0.15) is 0 Å². The predicted molar refractivity (Wildman–Crippen MR) is 68.2 cm³/mol. The van der Waals surface area contributed by atoms with E-state index < -0.39 is 10.0 Å². The van der Waals surface area contributed by atoms with Gasteiger partial charge in [-0.3, -0.25) is 0 Å². The highest BCUT2D eigenvalue weighted by atomic mass is 35.5. The number of alkyl halides is 1. The van der Waals surface area contributed by atoms with E-state index in [1.807, 2.05) is 27.7 Å². The van der Waals surface area contributed by atoms with Crippen molar-refractivity contribution in [2.75, 3.05) is 18.8 Å². The monoisotopic (exact) mass is 267 g/mol. The third-order valence-electron chi connectivity index (χ3n) is 2.77. The third-order valence-corrected chi connectivity index (χ3v) is 5.77. The molecule has 1 heterocycles. The van der Waals surface area contributed by atoms with Gasteiger partial charge in [-0.05, 0) is 17.8 Å². The maximum absolute atomic E-state index is 12.1. The van der Waals surface area contributed by atoms with Crippen molar-refractivity contribution in [2.45, 2.75) is 39.5 Å². The molecular weight excluding hydrogens is 246 g/mol. The molecule has 0 amide bonds. The third kappa shape index (κ3) is 3.90. The van der Waals surface area contributed by atoms with Crippen molar-refractivity contribution in [1.82, 2.24) is 4.31 Å². The van der Waals surface area contributed by atoms with Crippen LogP contribution in [-0.4, -0.2) is 36.9 Å². The van der Waals surface area contributed by atoms with Gasteiger partial charge in [0.15, 0.2) is 0 Å². The first-order chi connectivity index (χ1) is 7.12. The zero-order valence-corrected chi connectivity index (χ0v) is 12.1. The van der Waals surface area contributed by atoms with Gasteiger partial charge in [0.25, 0.3) is 0 Å². The lowest BCUT2D eigenvalue weighted by Gasteiger charge is -2.34. The Hall–Kier alpha value is 0.200. The maximum atomic E-state index is 12.1. The molecule has 1 aliphatic rings. The second kappa shape index (κ2) is 4.83.